The number of nitrogens with two attached hydrogens (primary N) is 1. The molecule has 1 unspecified atom stereocenters. The Morgan fingerprint density at radius 1 is 1.24 bits per heavy atom. The van der Waals surface area contributed by atoms with E-state index in [1.54, 1.807) is 7.11 Å². The fraction of sp³-hybridized carbons (Fsp3) is 0.294. The molecule has 0 amide bonds. The van der Waals surface area contributed by atoms with Crippen molar-refractivity contribution in [3.05, 3.63) is 58.6 Å². The lowest BCUT2D eigenvalue weighted by atomic mass is 10.1. The predicted octanol–water partition coefficient (Wildman–Crippen LogP) is 4.12. The molecule has 1 atom stereocenters. The molecular weight excluding hydrogens is 284 g/mol. The third kappa shape index (κ3) is 3.90. The zero-order valence-electron chi connectivity index (χ0n) is 12.6. The number of nitrogen functional groups attached to an aromatic ring is 1. The highest BCUT2D eigenvalue weighted by atomic mass is 35.5. The molecule has 2 aromatic carbocycles. The molecule has 0 radical (unpaired) electrons. The number of anilines is 1. The summed E-state index contributed by atoms with van der Waals surface area (Å²) in [6.45, 7) is 2.90. The standard InChI is InChI=1S/C17H21ClN2O/c1-12(13-5-4-6-15(18)9-13)20(2)11-14-10-16(21-3)7-8-17(14)19/h4-10,12H,11,19H2,1-3H3. The van der Waals surface area contributed by atoms with Gasteiger partial charge in [-0.15, -0.1) is 0 Å². The van der Waals surface area contributed by atoms with Gasteiger partial charge in [-0.05, 0) is 55.4 Å². The van der Waals surface area contributed by atoms with Crippen molar-refractivity contribution in [2.24, 2.45) is 0 Å². The molecule has 2 N–H and O–H groups in total. The van der Waals surface area contributed by atoms with Gasteiger partial charge in [0.05, 0.1) is 7.11 Å². The van der Waals surface area contributed by atoms with Crippen molar-refractivity contribution in [2.45, 2.75) is 19.5 Å². The summed E-state index contributed by atoms with van der Waals surface area (Å²) in [5, 5.41) is 0.758. The highest BCUT2D eigenvalue weighted by Gasteiger charge is 2.14. The average molecular weight is 305 g/mol. The third-order valence-electron chi connectivity index (χ3n) is 3.76. The molecular formula is C17H21ClN2O. The fourth-order valence-electron chi connectivity index (χ4n) is 2.27. The van der Waals surface area contributed by atoms with Crippen LogP contribution in [0.4, 0.5) is 5.69 Å². The summed E-state index contributed by atoms with van der Waals surface area (Å²) in [6, 6.07) is 13.9. The second-order valence-electron chi connectivity index (χ2n) is 5.21. The minimum atomic E-state index is 0.245. The first kappa shape index (κ1) is 15.7. The van der Waals surface area contributed by atoms with Gasteiger partial charge >= 0.3 is 0 Å². The molecule has 0 aliphatic heterocycles. The molecule has 2 rings (SSSR count). The highest BCUT2D eigenvalue weighted by molar-refractivity contribution is 6.30. The van der Waals surface area contributed by atoms with E-state index in [9.17, 15) is 0 Å². The summed E-state index contributed by atoms with van der Waals surface area (Å²) in [5.41, 5.74) is 9.08. The third-order valence-corrected chi connectivity index (χ3v) is 4.00. The Balaban J connectivity index is 2.15. The summed E-state index contributed by atoms with van der Waals surface area (Å²) < 4.78 is 5.26. The lowest BCUT2D eigenvalue weighted by molar-refractivity contribution is 0.253. The summed E-state index contributed by atoms with van der Waals surface area (Å²) in [5.74, 6) is 0.822. The first-order valence-electron chi connectivity index (χ1n) is 6.89. The van der Waals surface area contributed by atoms with Gasteiger partial charge in [0.25, 0.3) is 0 Å². The van der Waals surface area contributed by atoms with E-state index < -0.39 is 0 Å². The monoisotopic (exact) mass is 304 g/mol. The summed E-state index contributed by atoms with van der Waals surface area (Å²) in [6.07, 6.45) is 0. The second kappa shape index (κ2) is 6.83. The fourth-order valence-corrected chi connectivity index (χ4v) is 2.47. The number of nitrogens with zero attached hydrogens (tertiary/aromatic N) is 1. The lowest BCUT2D eigenvalue weighted by Gasteiger charge is -2.26. The molecule has 0 heterocycles. The quantitative estimate of drug-likeness (QED) is 0.844. The molecule has 0 aromatic heterocycles. The highest BCUT2D eigenvalue weighted by Crippen LogP contribution is 2.26. The Bertz CT molecular complexity index is 615. The zero-order valence-corrected chi connectivity index (χ0v) is 13.4. The molecule has 112 valence electrons. The van der Waals surface area contributed by atoms with Gasteiger partial charge in [-0.2, -0.15) is 0 Å². The van der Waals surface area contributed by atoms with Crippen molar-refractivity contribution in [1.82, 2.24) is 4.90 Å². The van der Waals surface area contributed by atoms with Crippen LogP contribution in [0.1, 0.15) is 24.1 Å². The summed E-state index contributed by atoms with van der Waals surface area (Å²) in [7, 11) is 3.73. The van der Waals surface area contributed by atoms with E-state index in [1.807, 2.05) is 36.4 Å². The Morgan fingerprint density at radius 3 is 2.67 bits per heavy atom. The van der Waals surface area contributed by atoms with E-state index >= 15 is 0 Å². The molecule has 2 aromatic rings. The van der Waals surface area contributed by atoms with Gasteiger partial charge < -0.3 is 10.5 Å². The van der Waals surface area contributed by atoms with Crippen molar-refractivity contribution in [2.75, 3.05) is 19.9 Å². The van der Waals surface area contributed by atoms with Gasteiger partial charge in [-0.1, -0.05) is 23.7 Å². The largest absolute Gasteiger partial charge is 0.497 e. The zero-order chi connectivity index (χ0) is 15.4. The van der Waals surface area contributed by atoms with E-state index in [-0.39, 0.29) is 6.04 Å². The van der Waals surface area contributed by atoms with Crippen molar-refractivity contribution < 1.29 is 4.74 Å². The van der Waals surface area contributed by atoms with Crippen LogP contribution in [-0.4, -0.2) is 19.1 Å². The van der Waals surface area contributed by atoms with Crippen LogP contribution in [0.2, 0.25) is 5.02 Å². The molecule has 0 saturated heterocycles. The number of ether oxygens (including phenoxy) is 1. The van der Waals surface area contributed by atoms with Gasteiger partial charge in [0.2, 0.25) is 0 Å². The van der Waals surface area contributed by atoms with E-state index in [4.69, 9.17) is 22.1 Å². The average Bonchev–Trinajstić information content (AvgIpc) is 2.48. The number of halogens is 1. The van der Waals surface area contributed by atoms with Gasteiger partial charge in [0.1, 0.15) is 5.75 Å². The molecule has 4 heteroatoms. The van der Waals surface area contributed by atoms with Crippen molar-refractivity contribution >= 4 is 17.3 Å². The molecule has 0 fully saturated rings. The van der Waals surface area contributed by atoms with Crippen molar-refractivity contribution in [3.63, 3.8) is 0 Å². The topological polar surface area (TPSA) is 38.5 Å². The maximum Gasteiger partial charge on any atom is 0.119 e. The molecule has 0 aliphatic rings. The minimum Gasteiger partial charge on any atom is -0.497 e. The molecule has 21 heavy (non-hydrogen) atoms. The first-order chi connectivity index (χ1) is 10.0. The van der Waals surface area contributed by atoms with Gasteiger partial charge in [-0.3, -0.25) is 4.90 Å². The summed E-state index contributed by atoms with van der Waals surface area (Å²) >= 11 is 6.06. The van der Waals surface area contributed by atoms with E-state index in [1.165, 1.54) is 5.56 Å². The first-order valence-corrected chi connectivity index (χ1v) is 7.27. The van der Waals surface area contributed by atoms with Crippen LogP contribution in [0.3, 0.4) is 0 Å². The molecule has 3 nitrogen and oxygen atoms in total. The van der Waals surface area contributed by atoms with E-state index in [2.05, 4.69) is 24.9 Å². The van der Waals surface area contributed by atoms with Crippen LogP contribution in [0.5, 0.6) is 5.75 Å². The van der Waals surface area contributed by atoms with E-state index in [0.29, 0.717) is 0 Å². The number of rotatable bonds is 5. The normalized spacial score (nSPS) is 12.4. The smallest absolute Gasteiger partial charge is 0.119 e. The van der Waals surface area contributed by atoms with Crippen LogP contribution in [-0.2, 0) is 6.54 Å². The Labute approximate surface area is 131 Å². The van der Waals surface area contributed by atoms with Gasteiger partial charge in [-0.25, -0.2) is 0 Å². The van der Waals surface area contributed by atoms with Crippen molar-refractivity contribution in [1.29, 1.82) is 0 Å². The van der Waals surface area contributed by atoms with Crippen molar-refractivity contribution in [3.8, 4) is 5.75 Å². The van der Waals surface area contributed by atoms with Crippen LogP contribution in [0.15, 0.2) is 42.5 Å². The molecule has 0 bridgehead atoms. The second-order valence-corrected chi connectivity index (χ2v) is 5.65. The minimum absolute atomic E-state index is 0.245. The summed E-state index contributed by atoms with van der Waals surface area (Å²) in [4.78, 5) is 2.23. The Morgan fingerprint density at radius 2 is 2.00 bits per heavy atom. The predicted molar refractivity (Wildman–Crippen MR) is 88.7 cm³/mol. The van der Waals surface area contributed by atoms with Crippen LogP contribution in [0.25, 0.3) is 0 Å². The molecule has 0 spiro atoms. The maximum atomic E-state index is 6.06. The SMILES string of the molecule is COc1ccc(N)c(CN(C)C(C)c2cccc(Cl)c2)c1. The number of hydrogen-bond donors (Lipinski definition) is 1. The van der Waals surface area contributed by atoms with E-state index in [0.717, 1.165) is 28.6 Å². The van der Waals surface area contributed by atoms with Crippen LogP contribution in [0, 0.1) is 0 Å². The van der Waals surface area contributed by atoms with Gasteiger partial charge in [0.15, 0.2) is 0 Å². The van der Waals surface area contributed by atoms with Crippen LogP contribution < -0.4 is 10.5 Å². The lowest BCUT2D eigenvalue weighted by Crippen LogP contribution is -2.22. The number of methoxy groups -OCH3 is 1. The van der Waals surface area contributed by atoms with Gasteiger partial charge in [0, 0.05) is 23.3 Å². The Kier molecular flexibility index (Phi) is 5.10. The maximum absolute atomic E-state index is 6.06. The molecule has 0 aliphatic carbocycles. The van der Waals surface area contributed by atoms with Crippen LogP contribution >= 0.6 is 11.6 Å². The number of benzene rings is 2. The molecule has 0 saturated carbocycles. The Hall–Kier alpha value is -1.71. The number of hydrogen-bond acceptors (Lipinski definition) is 3.